The lowest BCUT2D eigenvalue weighted by molar-refractivity contribution is -0.146. The van der Waals surface area contributed by atoms with Crippen molar-refractivity contribution in [1.82, 2.24) is 5.32 Å². The number of carbonyl (C=O) groups excluding carboxylic acids is 4. The molecule has 5 atom stereocenters. The number of ether oxygens (including phenoxy) is 4. The fraction of sp³-hybridized carbons (Fsp3) is 0.371. The number of aliphatic hydroxyl groups excluding tert-OH is 1. The second-order valence-corrected chi connectivity index (χ2v) is 10.9. The third kappa shape index (κ3) is 9.72. The van der Waals surface area contributed by atoms with Crippen molar-refractivity contribution < 1.29 is 43.2 Å². The molecule has 0 spiro atoms. The molecule has 1 saturated carbocycles. The van der Waals surface area contributed by atoms with Gasteiger partial charge in [-0.25, -0.2) is 14.4 Å². The second kappa shape index (κ2) is 17.1. The van der Waals surface area contributed by atoms with Crippen molar-refractivity contribution in [2.75, 3.05) is 19.8 Å². The monoisotopic (exact) mass is 617 g/mol. The largest absolute Gasteiger partial charge is 0.462 e. The van der Waals surface area contributed by atoms with Gasteiger partial charge in [-0.05, 0) is 62.1 Å². The zero-order chi connectivity index (χ0) is 32.0. The van der Waals surface area contributed by atoms with E-state index in [9.17, 15) is 19.2 Å². The van der Waals surface area contributed by atoms with Crippen LogP contribution in [-0.2, 0) is 23.7 Å². The summed E-state index contributed by atoms with van der Waals surface area (Å²) in [6.07, 6.45) is -0.752. The molecule has 238 valence electrons. The minimum atomic E-state index is -1.19. The summed E-state index contributed by atoms with van der Waals surface area (Å²) in [5, 5.41) is 12.0. The molecule has 1 aliphatic rings. The van der Waals surface area contributed by atoms with Gasteiger partial charge in [-0.15, -0.1) is 0 Å². The van der Waals surface area contributed by atoms with E-state index in [4.69, 9.17) is 24.1 Å². The summed E-state index contributed by atoms with van der Waals surface area (Å²) >= 11 is 0. The Balaban J connectivity index is 1.68. The topological polar surface area (TPSA) is 137 Å². The molecule has 0 heterocycles. The van der Waals surface area contributed by atoms with Crippen LogP contribution in [0.25, 0.3) is 0 Å². The summed E-state index contributed by atoms with van der Waals surface area (Å²) in [5.74, 6) is -2.96. The van der Waals surface area contributed by atoms with Gasteiger partial charge in [0.2, 0.25) is 5.91 Å². The van der Waals surface area contributed by atoms with E-state index in [2.05, 4.69) is 5.32 Å². The van der Waals surface area contributed by atoms with Crippen LogP contribution in [0.15, 0.2) is 91.0 Å². The first kappa shape index (κ1) is 33.4. The average molecular weight is 618 g/mol. The lowest BCUT2D eigenvalue weighted by Gasteiger charge is -2.45. The SMILES string of the molecule is CC(=O)NC1C(OC(=O)c2ccccc2)[C@@H](OC(=O)c2ccccc2)C(COC(=O)c2ccccc2)C[C@H]1OCCCCCO. The van der Waals surface area contributed by atoms with Crippen molar-refractivity contribution in [2.45, 2.75) is 57.0 Å². The van der Waals surface area contributed by atoms with Crippen molar-refractivity contribution in [3.05, 3.63) is 108 Å². The maximum Gasteiger partial charge on any atom is 0.338 e. The molecule has 10 nitrogen and oxygen atoms in total. The van der Waals surface area contributed by atoms with Gasteiger partial charge in [0.25, 0.3) is 0 Å². The standard InChI is InChI=1S/C35H39NO9/c1-24(38)36-30-29(42-21-13-5-12-20-37)22-28(23-43-33(39)25-14-6-2-7-15-25)31(44-34(40)26-16-8-3-9-17-26)32(30)45-35(41)27-18-10-4-11-19-27/h2-4,6-11,14-19,28-32,37H,5,12-13,20-23H2,1H3,(H,36,38)/t28?,29-,30?,31+,32?/m1/s1. The molecule has 3 aromatic carbocycles. The predicted octanol–water partition coefficient (Wildman–Crippen LogP) is 4.37. The number of carbonyl (C=O) groups is 4. The van der Waals surface area contributed by atoms with Crippen molar-refractivity contribution >= 4 is 23.8 Å². The van der Waals surface area contributed by atoms with Gasteiger partial charge in [-0.2, -0.15) is 0 Å². The van der Waals surface area contributed by atoms with Crippen LogP contribution in [0.2, 0.25) is 0 Å². The molecule has 3 unspecified atom stereocenters. The number of benzene rings is 3. The molecule has 10 heteroatoms. The van der Waals surface area contributed by atoms with Crippen LogP contribution in [0, 0.1) is 5.92 Å². The summed E-state index contributed by atoms with van der Waals surface area (Å²) < 4.78 is 24.1. The number of aliphatic hydroxyl groups is 1. The first-order valence-corrected chi connectivity index (χ1v) is 15.1. The maximum atomic E-state index is 13.4. The molecule has 2 N–H and O–H groups in total. The van der Waals surface area contributed by atoms with Crippen LogP contribution < -0.4 is 5.32 Å². The highest BCUT2D eigenvalue weighted by atomic mass is 16.6. The van der Waals surface area contributed by atoms with Gasteiger partial charge < -0.3 is 29.4 Å². The summed E-state index contributed by atoms with van der Waals surface area (Å²) in [5.41, 5.74) is 0.904. The van der Waals surface area contributed by atoms with Crippen molar-refractivity contribution in [3.8, 4) is 0 Å². The van der Waals surface area contributed by atoms with Crippen molar-refractivity contribution in [1.29, 1.82) is 0 Å². The van der Waals surface area contributed by atoms with E-state index in [1.807, 2.05) is 0 Å². The van der Waals surface area contributed by atoms with E-state index in [-0.39, 0.29) is 30.8 Å². The molecular formula is C35H39NO9. The molecule has 1 fully saturated rings. The van der Waals surface area contributed by atoms with Gasteiger partial charge in [0.1, 0.15) is 6.10 Å². The number of hydrogen-bond acceptors (Lipinski definition) is 9. The van der Waals surface area contributed by atoms with Crippen molar-refractivity contribution in [2.24, 2.45) is 5.92 Å². The molecule has 4 rings (SSSR count). The third-order valence-electron chi connectivity index (χ3n) is 7.53. The molecule has 0 aliphatic heterocycles. The molecule has 0 radical (unpaired) electrons. The Kier molecular flexibility index (Phi) is 12.7. The fourth-order valence-electron chi connectivity index (χ4n) is 5.31. The zero-order valence-electron chi connectivity index (χ0n) is 25.2. The van der Waals surface area contributed by atoms with Gasteiger partial charge >= 0.3 is 17.9 Å². The Bertz CT molecular complexity index is 1380. The smallest absolute Gasteiger partial charge is 0.338 e. The Morgan fingerprint density at radius 3 is 1.73 bits per heavy atom. The Morgan fingerprint density at radius 1 is 0.711 bits per heavy atom. The second-order valence-electron chi connectivity index (χ2n) is 10.9. The summed E-state index contributed by atoms with van der Waals surface area (Å²) in [6.45, 7) is 1.55. The lowest BCUT2D eigenvalue weighted by atomic mass is 9.79. The third-order valence-corrected chi connectivity index (χ3v) is 7.53. The maximum absolute atomic E-state index is 13.4. The minimum Gasteiger partial charge on any atom is -0.462 e. The normalized spacial score (nSPS) is 20.9. The lowest BCUT2D eigenvalue weighted by Crippen LogP contribution is -2.64. The van der Waals surface area contributed by atoms with Crippen LogP contribution in [0.3, 0.4) is 0 Å². The van der Waals surface area contributed by atoms with Crippen LogP contribution in [0.4, 0.5) is 0 Å². The van der Waals surface area contributed by atoms with Crippen LogP contribution in [0.1, 0.15) is 63.7 Å². The average Bonchev–Trinajstić information content (AvgIpc) is 3.06. The highest BCUT2D eigenvalue weighted by molar-refractivity contribution is 5.91. The van der Waals surface area contributed by atoms with Gasteiger partial charge in [-0.3, -0.25) is 4.79 Å². The van der Waals surface area contributed by atoms with Crippen LogP contribution in [0.5, 0.6) is 0 Å². The van der Waals surface area contributed by atoms with E-state index >= 15 is 0 Å². The first-order valence-electron chi connectivity index (χ1n) is 15.1. The molecule has 3 aromatic rings. The van der Waals surface area contributed by atoms with Gasteiger partial charge in [0.05, 0.1) is 35.4 Å². The molecule has 0 saturated heterocycles. The Morgan fingerprint density at radius 2 is 1.22 bits per heavy atom. The number of nitrogens with one attached hydrogen (secondary N) is 1. The minimum absolute atomic E-state index is 0.0682. The number of esters is 3. The molecule has 1 aliphatic carbocycles. The van der Waals surface area contributed by atoms with E-state index in [1.165, 1.54) is 6.92 Å². The van der Waals surface area contributed by atoms with E-state index in [1.54, 1.807) is 91.0 Å². The van der Waals surface area contributed by atoms with E-state index in [0.717, 1.165) is 6.42 Å². The number of amides is 1. The van der Waals surface area contributed by atoms with Crippen LogP contribution >= 0.6 is 0 Å². The Hall–Kier alpha value is -4.54. The molecule has 0 aromatic heterocycles. The molecule has 45 heavy (non-hydrogen) atoms. The number of unbranched alkanes of at least 4 members (excludes halogenated alkanes) is 2. The first-order chi connectivity index (χ1) is 21.9. The highest BCUT2D eigenvalue weighted by Crippen LogP contribution is 2.34. The molecule has 1 amide bonds. The van der Waals surface area contributed by atoms with Crippen LogP contribution in [-0.4, -0.2) is 73.1 Å². The summed E-state index contributed by atoms with van der Waals surface area (Å²) in [4.78, 5) is 52.2. The zero-order valence-corrected chi connectivity index (χ0v) is 25.2. The fourth-order valence-corrected chi connectivity index (χ4v) is 5.31. The predicted molar refractivity (Wildman–Crippen MR) is 164 cm³/mol. The summed E-state index contributed by atoms with van der Waals surface area (Å²) in [6, 6.07) is 24.3. The van der Waals surface area contributed by atoms with Gasteiger partial charge in [0, 0.05) is 26.1 Å². The number of rotatable bonds is 14. The van der Waals surface area contributed by atoms with E-state index in [0.29, 0.717) is 25.0 Å². The molecule has 0 bridgehead atoms. The van der Waals surface area contributed by atoms with Crippen molar-refractivity contribution in [3.63, 3.8) is 0 Å². The van der Waals surface area contributed by atoms with Gasteiger partial charge in [-0.1, -0.05) is 54.6 Å². The summed E-state index contributed by atoms with van der Waals surface area (Å²) in [7, 11) is 0. The number of hydrogen-bond donors (Lipinski definition) is 2. The Labute approximate surface area is 262 Å². The van der Waals surface area contributed by atoms with E-state index < -0.39 is 54.1 Å². The molecular weight excluding hydrogens is 578 g/mol. The highest BCUT2D eigenvalue weighted by Gasteiger charge is 2.50. The quantitative estimate of drug-likeness (QED) is 0.154. The van der Waals surface area contributed by atoms with Gasteiger partial charge in [0.15, 0.2) is 6.10 Å².